The first-order valence-electron chi connectivity index (χ1n) is 10.0. The summed E-state index contributed by atoms with van der Waals surface area (Å²) >= 11 is 0. The molecule has 0 radical (unpaired) electrons. The highest BCUT2D eigenvalue weighted by molar-refractivity contribution is 4.95. The van der Waals surface area contributed by atoms with Crippen LogP contribution in [0, 0.1) is 40.9 Å². The SMILES string of the molecule is CC(C)C1CC(C(C)(C)C2CCC(O)C(C(C)C)C2)CCC1O. The van der Waals surface area contributed by atoms with Gasteiger partial charge in [0, 0.05) is 0 Å². The first kappa shape index (κ1) is 19.2. The van der Waals surface area contributed by atoms with Crippen LogP contribution in [0.15, 0.2) is 0 Å². The van der Waals surface area contributed by atoms with Gasteiger partial charge in [0.05, 0.1) is 12.2 Å². The molecule has 2 rings (SSSR count). The van der Waals surface area contributed by atoms with E-state index in [1.54, 1.807) is 0 Å². The topological polar surface area (TPSA) is 40.5 Å². The lowest BCUT2D eigenvalue weighted by molar-refractivity contribution is -0.0543. The first-order chi connectivity index (χ1) is 10.6. The van der Waals surface area contributed by atoms with E-state index in [4.69, 9.17) is 0 Å². The van der Waals surface area contributed by atoms with Gasteiger partial charge < -0.3 is 10.2 Å². The molecule has 0 amide bonds. The van der Waals surface area contributed by atoms with E-state index in [0.717, 1.165) is 12.8 Å². The Balaban J connectivity index is 2.08. The van der Waals surface area contributed by atoms with Crippen LogP contribution in [0.5, 0.6) is 0 Å². The fraction of sp³-hybridized carbons (Fsp3) is 1.00. The summed E-state index contributed by atoms with van der Waals surface area (Å²) in [7, 11) is 0. The van der Waals surface area contributed by atoms with Crippen LogP contribution in [-0.4, -0.2) is 22.4 Å². The summed E-state index contributed by atoms with van der Waals surface area (Å²) in [6.45, 7) is 14.0. The van der Waals surface area contributed by atoms with Gasteiger partial charge in [-0.25, -0.2) is 0 Å². The zero-order chi connectivity index (χ0) is 17.4. The summed E-state index contributed by atoms with van der Waals surface area (Å²) in [4.78, 5) is 0. The molecule has 2 heteroatoms. The Bertz CT molecular complexity index is 340. The first-order valence-corrected chi connectivity index (χ1v) is 10.0. The second-order valence-electron chi connectivity index (χ2n) is 9.79. The lowest BCUT2D eigenvalue weighted by atomic mass is 9.56. The third-order valence-electron chi connectivity index (χ3n) is 7.54. The molecule has 2 aliphatic carbocycles. The molecule has 0 aromatic heterocycles. The van der Waals surface area contributed by atoms with Crippen LogP contribution < -0.4 is 0 Å². The van der Waals surface area contributed by atoms with Crippen molar-refractivity contribution in [1.29, 1.82) is 0 Å². The maximum atomic E-state index is 10.3. The highest BCUT2D eigenvalue weighted by Crippen LogP contribution is 2.51. The van der Waals surface area contributed by atoms with E-state index in [2.05, 4.69) is 41.5 Å². The van der Waals surface area contributed by atoms with Gasteiger partial charge in [0.15, 0.2) is 0 Å². The minimum atomic E-state index is -0.0985. The molecule has 0 aromatic rings. The maximum absolute atomic E-state index is 10.3. The van der Waals surface area contributed by atoms with E-state index < -0.39 is 0 Å². The van der Waals surface area contributed by atoms with Crippen molar-refractivity contribution in [3.05, 3.63) is 0 Å². The van der Waals surface area contributed by atoms with E-state index >= 15 is 0 Å². The monoisotopic (exact) mass is 324 g/mol. The molecule has 6 atom stereocenters. The van der Waals surface area contributed by atoms with Crippen molar-refractivity contribution in [1.82, 2.24) is 0 Å². The average molecular weight is 325 g/mol. The fourth-order valence-electron chi connectivity index (χ4n) is 5.50. The lowest BCUT2D eigenvalue weighted by Crippen LogP contribution is -2.44. The van der Waals surface area contributed by atoms with Crippen molar-refractivity contribution < 1.29 is 10.2 Å². The summed E-state index contributed by atoms with van der Waals surface area (Å²) in [5.41, 5.74) is 0.320. The van der Waals surface area contributed by atoms with Crippen molar-refractivity contribution in [3.8, 4) is 0 Å². The van der Waals surface area contributed by atoms with Gasteiger partial charge >= 0.3 is 0 Å². The molecule has 2 saturated carbocycles. The molecular formula is C21H40O2. The molecule has 0 aliphatic heterocycles. The second-order valence-corrected chi connectivity index (χ2v) is 9.79. The molecule has 0 spiro atoms. The van der Waals surface area contributed by atoms with Gasteiger partial charge in [-0.1, -0.05) is 41.5 Å². The summed E-state index contributed by atoms with van der Waals surface area (Å²) in [5.74, 6) is 3.49. The quantitative estimate of drug-likeness (QED) is 0.774. The Morgan fingerprint density at radius 3 is 1.35 bits per heavy atom. The highest BCUT2D eigenvalue weighted by Gasteiger charge is 2.45. The molecule has 2 nitrogen and oxygen atoms in total. The third kappa shape index (κ3) is 4.12. The molecule has 0 aromatic carbocycles. The third-order valence-corrected chi connectivity index (χ3v) is 7.54. The Hall–Kier alpha value is -0.0800. The van der Waals surface area contributed by atoms with E-state index in [1.807, 2.05) is 0 Å². The number of hydrogen-bond acceptors (Lipinski definition) is 2. The molecule has 2 aliphatic rings. The van der Waals surface area contributed by atoms with Gasteiger partial charge in [-0.05, 0) is 79.4 Å². The summed E-state index contributed by atoms with van der Waals surface area (Å²) < 4.78 is 0. The van der Waals surface area contributed by atoms with Gasteiger partial charge in [0.1, 0.15) is 0 Å². The van der Waals surface area contributed by atoms with Crippen molar-refractivity contribution in [3.63, 3.8) is 0 Å². The van der Waals surface area contributed by atoms with Crippen LogP contribution in [0.3, 0.4) is 0 Å². The van der Waals surface area contributed by atoms with Crippen molar-refractivity contribution >= 4 is 0 Å². The van der Waals surface area contributed by atoms with Crippen molar-refractivity contribution in [2.75, 3.05) is 0 Å². The molecule has 136 valence electrons. The Labute approximate surface area is 144 Å². The zero-order valence-electron chi connectivity index (χ0n) is 16.3. The molecular weight excluding hydrogens is 284 g/mol. The fourth-order valence-corrected chi connectivity index (χ4v) is 5.50. The minimum absolute atomic E-state index is 0.0985. The molecule has 0 heterocycles. The standard InChI is InChI=1S/C21H40O2/c1-13(2)17-11-15(7-9-19(17)22)21(5,6)16-8-10-20(23)18(12-16)14(3)4/h13-20,22-23H,7-12H2,1-6H3. The predicted octanol–water partition coefficient (Wildman–Crippen LogP) is 4.88. The second kappa shape index (κ2) is 7.44. The van der Waals surface area contributed by atoms with Crippen molar-refractivity contribution in [2.45, 2.75) is 92.3 Å². The Morgan fingerprint density at radius 1 is 0.696 bits per heavy atom. The summed E-state index contributed by atoms with van der Waals surface area (Å²) in [5, 5.41) is 20.7. The number of aliphatic hydroxyl groups is 2. The van der Waals surface area contributed by atoms with Gasteiger partial charge in [-0.2, -0.15) is 0 Å². The van der Waals surface area contributed by atoms with E-state index in [1.165, 1.54) is 25.7 Å². The van der Waals surface area contributed by atoms with Crippen LogP contribution in [-0.2, 0) is 0 Å². The van der Waals surface area contributed by atoms with E-state index in [0.29, 0.717) is 40.9 Å². The number of hydrogen-bond donors (Lipinski definition) is 2. The number of aliphatic hydroxyl groups excluding tert-OH is 2. The van der Waals surface area contributed by atoms with E-state index in [9.17, 15) is 10.2 Å². The molecule has 2 N–H and O–H groups in total. The van der Waals surface area contributed by atoms with Crippen LogP contribution in [0.4, 0.5) is 0 Å². The van der Waals surface area contributed by atoms with Crippen molar-refractivity contribution in [2.24, 2.45) is 40.9 Å². The number of rotatable bonds is 4. The van der Waals surface area contributed by atoms with Crippen LogP contribution in [0.2, 0.25) is 0 Å². The van der Waals surface area contributed by atoms with Gasteiger partial charge in [-0.15, -0.1) is 0 Å². The summed E-state index contributed by atoms with van der Waals surface area (Å²) in [6, 6.07) is 0. The lowest BCUT2D eigenvalue weighted by Gasteiger charge is -2.50. The van der Waals surface area contributed by atoms with Gasteiger partial charge in [-0.3, -0.25) is 0 Å². The Morgan fingerprint density at radius 2 is 1.04 bits per heavy atom. The molecule has 6 unspecified atom stereocenters. The average Bonchev–Trinajstić information content (AvgIpc) is 2.47. The zero-order valence-corrected chi connectivity index (χ0v) is 16.3. The van der Waals surface area contributed by atoms with Crippen LogP contribution >= 0.6 is 0 Å². The largest absolute Gasteiger partial charge is 0.393 e. The van der Waals surface area contributed by atoms with Gasteiger partial charge in [0.25, 0.3) is 0 Å². The molecule has 23 heavy (non-hydrogen) atoms. The van der Waals surface area contributed by atoms with Gasteiger partial charge in [0.2, 0.25) is 0 Å². The summed E-state index contributed by atoms with van der Waals surface area (Å²) in [6.07, 6.45) is 6.44. The Kier molecular flexibility index (Phi) is 6.22. The minimum Gasteiger partial charge on any atom is -0.393 e. The smallest absolute Gasteiger partial charge is 0.0571 e. The molecule has 0 bridgehead atoms. The molecule has 0 saturated heterocycles. The maximum Gasteiger partial charge on any atom is 0.0571 e. The van der Waals surface area contributed by atoms with Crippen LogP contribution in [0.25, 0.3) is 0 Å². The predicted molar refractivity (Wildman–Crippen MR) is 97.1 cm³/mol. The normalized spacial score (nSPS) is 39.9. The van der Waals surface area contributed by atoms with Crippen LogP contribution in [0.1, 0.15) is 80.1 Å². The highest BCUT2D eigenvalue weighted by atomic mass is 16.3. The molecule has 2 fully saturated rings. The van der Waals surface area contributed by atoms with E-state index in [-0.39, 0.29) is 12.2 Å².